The highest BCUT2D eigenvalue weighted by molar-refractivity contribution is 7.92. The van der Waals surface area contributed by atoms with Gasteiger partial charge in [-0.2, -0.15) is 0 Å². The molecule has 3 fully saturated rings. The van der Waals surface area contributed by atoms with E-state index in [0.717, 1.165) is 18.4 Å². The molecule has 0 unspecified atom stereocenters. The zero-order valence-corrected chi connectivity index (χ0v) is 12.3. The van der Waals surface area contributed by atoms with E-state index >= 15 is 0 Å². The lowest BCUT2D eigenvalue weighted by atomic mass is 9.94. The van der Waals surface area contributed by atoms with Gasteiger partial charge in [-0.1, -0.05) is 12.1 Å². The van der Waals surface area contributed by atoms with Crippen LogP contribution in [0.3, 0.4) is 0 Å². The van der Waals surface area contributed by atoms with Gasteiger partial charge in [0.25, 0.3) is 0 Å². The predicted molar refractivity (Wildman–Crippen MR) is 75.0 cm³/mol. The fraction of sp³-hybridized carbons (Fsp3) is 0.533. The fourth-order valence-corrected chi connectivity index (χ4v) is 5.77. The monoisotopic (exact) mass is 309 g/mol. The Balaban J connectivity index is 1.60. The number of carbonyl (C=O) groups excluding carboxylic acids is 1. The van der Waals surface area contributed by atoms with Gasteiger partial charge in [-0.3, -0.25) is 4.79 Å². The van der Waals surface area contributed by atoms with Crippen molar-refractivity contribution in [2.75, 3.05) is 12.3 Å². The minimum absolute atomic E-state index is 0.0245. The van der Waals surface area contributed by atoms with E-state index in [1.807, 2.05) is 0 Å². The Morgan fingerprint density at radius 1 is 1.24 bits per heavy atom. The Morgan fingerprint density at radius 2 is 1.90 bits per heavy atom. The lowest BCUT2D eigenvalue weighted by molar-refractivity contribution is -0.134. The number of rotatable bonds is 2. The molecule has 2 aliphatic heterocycles. The molecule has 1 amide bonds. The number of nitrogens with zero attached hydrogens (tertiary/aromatic N) is 1. The van der Waals surface area contributed by atoms with Crippen molar-refractivity contribution in [3.05, 3.63) is 35.6 Å². The van der Waals surface area contributed by atoms with Gasteiger partial charge in [0.05, 0.1) is 16.4 Å². The molecule has 0 spiro atoms. The molecule has 0 radical (unpaired) electrons. The first-order valence-electron chi connectivity index (χ1n) is 7.21. The van der Waals surface area contributed by atoms with Crippen molar-refractivity contribution in [2.24, 2.45) is 0 Å². The van der Waals surface area contributed by atoms with E-state index in [4.69, 9.17) is 0 Å². The summed E-state index contributed by atoms with van der Waals surface area (Å²) in [6.07, 6.45) is 2.10. The number of hydrogen-bond donors (Lipinski definition) is 0. The van der Waals surface area contributed by atoms with Gasteiger partial charge < -0.3 is 4.90 Å². The number of halogens is 1. The van der Waals surface area contributed by atoms with E-state index in [0.29, 0.717) is 13.0 Å². The molecule has 6 heteroatoms. The van der Waals surface area contributed by atoms with Gasteiger partial charge in [0.15, 0.2) is 9.84 Å². The molecule has 4 rings (SSSR count). The van der Waals surface area contributed by atoms with Crippen molar-refractivity contribution in [1.29, 1.82) is 0 Å². The van der Waals surface area contributed by atoms with Crippen LogP contribution in [0, 0.1) is 5.82 Å². The second-order valence-corrected chi connectivity index (χ2v) is 8.71. The summed E-state index contributed by atoms with van der Waals surface area (Å²) in [5.41, 5.74) is 0.307. The topological polar surface area (TPSA) is 54.5 Å². The van der Waals surface area contributed by atoms with E-state index in [1.165, 1.54) is 12.1 Å². The summed E-state index contributed by atoms with van der Waals surface area (Å²) in [7, 11) is -2.99. The van der Waals surface area contributed by atoms with Crippen molar-refractivity contribution in [3.8, 4) is 0 Å². The van der Waals surface area contributed by atoms with Crippen LogP contribution in [0.15, 0.2) is 24.3 Å². The van der Waals surface area contributed by atoms with Crippen molar-refractivity contribution >= 4 is 15.7 Å². The standard InChI is InChI=1S/C15H16FNO3S/c16-11-3-1-10(2-4-11)15(5-6-15)14(18)17-8-13-7-12(17)9-21(13,19)20/h1-4,12-13H,5-9H2/t12-,13+/m0/s1. The van der Waals surface area contributed by atoms with E-state index in [1.54, 1.807) is 17.0 Å². The summed E-state index contributed by atoms with van der Waals surface area (Å²) in [6, 6.07) is 5.94. The Hall–Kier alpha value is -1.43. The van der Waals surface area contributed by atoms with Crippen LogP contribution in [-0.4, -0.2) is 42.8 Å². The van der Waals surface area contributed by atoms with Crippen LogP contribution >= 0.6 is 0 Å². The zero-order valence-electron chi connectivity index (χ0n) is 11.5. The van der Waals surface area contributed by atoms with E-state index < -0.39 is 15.3 Å². The number of carbonyl (C=O) groups is 1. The Kier molecular flexibility index (Phi) is 2.56. The number of amides is 1. The van der Waals surface area contributed by atoms with Crippen LogP contribution in [0.4, 0.5) is 4.39 Å². The van der Waals surface area contributed by atoms with Crippen molar-refractivity contribution < 1.29 is 17.6 Å². The Morgan fingerprint density at radius 3 is 2.38 bits per heavy atom. The molecule has 0 N–H and O–H groups in total. The Labute approximate surface area is 122 Å². The number of benzene rings is 1. The Bertz CT molecular complexity index is 709. The largest absolute Gasteiger partial charge is 0.337 e. The second kappa shape index (κ2) is 4.06. The minimum Gasteiger partial charge on any atom is -0.337 e. The van der Waals surface area contributed by atoms with Crippen molar-refractivity contribution in [1.82, 2.24) is 4.90 Å². The summed E-state index contributed by atoms with van der Waals surface area (Å²) >= 11 is 0. The highest BCUT2D eigenvalue weighted by Crippen LogP contribution is 2.51. The molecule has 0 aromatic heterocycles. The normalized spacial score (nSPS) is 31.4. The first-order valence-corrected chi connectivity index (χ1v) is 8.93. The van der Waals surface area contributed by atoms with Crippen molar-refractivity contribution in [2.45, 2.75) is 36.0 Å². The van der Waals surface area contributed by atoms with Gasteiger partial charge in [0.1, 0.15) is 5.82 Å². The highest BCUT2D eigenvalue weighted by atomic mass is 32.2. The quantitative estimate of drug-likeness (QED) is 0.826. The molecule has 2 saturated heterocycles. The van der Waals surface area contributed by atoms with Crippen LogP contribution in [0.25, 0.3) is 0 Å². The van der Waals surface area contributed by atoms with E-state index in [-0.39, 0.29) is 28.8 Å². The smallest absolute Gasteiger partial charge is 0.233 e. The first kappa shape index (κ1) is 13.2. The third-order valence-corrected chi connectivity index (χ3v) is 7.33. The van der Waals surface area contributed by atoms with Crippen LogP contribution in [0.1, 0.15) is 24.8 Å². The van der Waals surface area contributed by atoms with Crippen LogP contribution in [0.2, 0.25) is 0 Å². The van der Waals surface area contributed by atoms with Gasteiger partial charge in [0, 0.05) is 12.6 Å². The molecule has 21 heavy (non-hydrogen) atoms. The van der Waals surface area contributed by atoms with Crippen molar-refractivity contribution in [3.63, 3.8) is 0 Å². The third kappa shape index (κ3) is 1.84. The maximum absolute atomic E-state index is 13.0. The van der Waals surface area contributed by atoms with Gasteiger partial charge in [0.2, 0.25) is 5.91 Å². The average Bonchev–Trinajstić information content (AvgIpc) is 3.06. The number of sulfone groups is 1. The van der Waals surface area contributed by atoms with E-state index in [2.05, 4.69) is 0 Å². The summed E-state index contributed by atoms with van der Waals surface area (Å²) in [5, 5.41) is -0.379. The maximum Gasteiger partial charge on any atom is 0.233 e. The number of likely N-dealkylation sites (tertiary alicyclic amines) is 1. The van der Waals surface area contributed by atoms with Gasteiger partial charge in [-0.05, 0) is 37.0 Å². The van der Waals surface area contributed by atoms with Crippen LogP contribution in [-0.2, 0) is 20.0 Å². The molecule has 2 atom stereocenters. The maximum atomic E-state index is 13.0. The summed E-state index contributed by atoms with van der Waals surface area (Å²) in [5.74, 6) is -0.187. The number of fused-ring (bicyclic) bond motifs is 2. The van der Waals surface area contributed by atoms with Crippen LogP contribution in [0.5, 0.6) is 0 Å². The lowest BCUT2D eigenvalue weighted by Gasteiger charge is -2.31. The molecule has 1 aromatic rings. The van der Waals surface area contributed by atoms with Crippen LogP contribution < -0.4 is 0 Å². The average molecular weight is 309 g/mol. The molecule has 2 bridgehead atoms. The molecule has 112 valence electrons. The van der Waals surface area contributed by atoms with Gasteiger partial charge in [-0.25, -0.2) is 12.8 Å². The number of hydrogen-bond acceptors (Lipinski definition) is 3. The minimum atomic E-state index is -2.99. The third-order valence-electron chi connectivity index (χ3n) is 5.13. The lowest BCUT2D eigenvalue weighted by Crippen LogP contribution is -2.48. The molecule has 1 saturated carbocycles. The zero-order chi connectivity index (χ0) is 14.8. The first-order chi connectivity index (χ1) is 9.92. The molecule has 1 aliphatic carbocycles. The van der Waals surface area contributed by atoms with E-state index in [9.17, 15) is 17.6 Å². The summed E-state index contributed by atoms with van der Waals surface area (Å²) in [4.78, 5) is 14.6. The fourth-order valence-electron chi connectivity index (χ4n) is 3.74. The summed E-state index contributed by atoms with van der Waals surface area (Å²) in [6.45, 7) is 0.328. The highest BCUT2D eigenvalue weighted by Gasteiger charge is 2.58. The molecule has 1 aromatic carbocycles. The second-order valence-electron chi connectivity index (χ2n) is 6.39. The molecular formula is C15H16FNO3S. The SMILES string of the molecule is O=C(N1C[C@H]2C[C@H]1CS2(=O)=O)C1(c2ccc(F)cc2)CC1. The molecular weight excluding hydrogens is 293 g/mol. The molecule has 4 nitrogen and oxygen atoms in total. The predicted octanol–water partition coefficient (Wildman–Crippen LogP) is 1.26. The summed E-state index contributed by atoms with van der Waals surface area (Å²) < 4.78 is 36.6. The molecule has 3 aliphatic rings. The molecule has 2 heterocycles. The van der Waals surface area contributed by atoms with Gasteiger partial charge in [-0.15, -0.1) is 0 Å². The van der Waals surface area contributed by atoms with Gasteiger partial charge >= 0.3 is 0 Å².